The molecule has 1 aliphatic carbocycles. The van der Waals surface area contributed by atoms with Gasteiger partial charge in [0, 0.05) is 43.9 Å². The number of anilines is 1. The molecule has 0 spiro atoms. The number of carbonyl (C=O) groups is 1. The third-order valence-electron chi connectivity index (χ3n) is 7.71. The van der Waals surface area contributed by atoms with E-state index in [-0.39, 0.29) is 30.8 Å². The van der Waals surface area contributed by atoms with E-state index in [2.05, 4.69) is 15.4 Å². The second-order valence-corrected chi connectivity index (χ2v) is 12.1. The molecule has 3 aromatic rings. The average molecular weight is 603 g/mol. The van der Waals surface area contributed by atoms with E-state index in [1.807, 2.05) is 0 Å². The number of nitrogens with one attached hydrogen (secondary N) is 2. The van der Waals surface area contributed by atoms with Crippen molar-refractivity contribution in [3.63, 3.8) is 0 Å². The smallest absolute Gasteiger partial charge is 0.355 e. The largest absolute Gasteiger partial charge is 0.416 e. The number of aryl methyl sites for hydroxylation is 1. The number of carbonyl (C=O) groups excluding carboxylic acids is 1. The van der Waals surface area contributed by atoms with Crippen LogP contribution < -0.4 is 5.32 Å². The van der Waals surface area contributed by atoms with Gasteiger partial charge in [-0.25, -0.2) is 12.8 Å². The van der Waals surface area contributed by atoms with E-state index in [9.17, 15) is 30.8 Å². The van der Waals surface area contributed by atoms with Gasteiger partial charge in [-0.05, 0) is 67.8 Å². The Hall–Kier alpha value is -4.17. The standard InChI is InChI=1S/C28H26F4N6O3S/c1-17-25(15-35-37(17)2)42(40,41)38-10-8-19-11-23(36-22-5-3-21(29)4-6-22)18(14-33)13-27(19,16-38)26(39)24-12-20(7-9-34-24)28(30,31)32/h3-7,9,11-12,14-15,33,36H,8,10,13,16H2,1-2H3/t27-/m0/s1. The van der Waals surface area contributed by atoms with Crippen LogP contribution in [0.4, 0.5) is 23.2 Å². The molecule has 0 unspecified atom stereocenters. The molecule has 1 atom stereocenters. The number of ketones is 1. The van der Waals surface area contributed by atoms with Gasteiger partial charge in [0.2, 0.25) is 10.0 Å². The Morgan fingerprint density at radius 1 is 1.19 bits per heavy atom. The van der Waals surface area contributed by atoms with Crippen molar-refractivity contribution in [2.45, 2.75) is 30.8 Å². The number of piperidine rings is 1. The summed E-state index contributed by atoms with van der Waals surface area (Å²) in [6.07, 6.45) is -0.0847. The highest BCUT2D eigenvalue weighted by molar-refractivity contribution is 7.89. The van der Waals surface area contributed by atoms with Gasteiger partial charge in [0.15, 0.2) is 5.78 Å². The van der Waals surface area contributed by atoms with E-state index in [0.717, 1.165) is 22.8 Å². The van der Waals surface area contributed by atoms with Gasteiger partial charge in [0.25, 0.3) is 0 Å². The molecule has 1 fully saturated rings. The predicted molar refractivity (Wildman–Crippen MR) is 146 cm³/mol. The maximum Gasteiger partial charge on any atom is 0.416 e. The Kier molecular flexibility index (Phi) is 7.39. The van der Waals surface area contributed by atoms with Crippen LogP contribution in [0.5, 0.6) is 0 Å². The third kappa shape index (κ3) is 5.15. The first-order valence-electron chi connectivity index (χ1n) is 12.8. The van der Waals surface area contributed by atoms with Crippen molar-refractivity contribution in [1.29, 1.82) is 5.41 Å². The predicted octanol–water partition coefficient (Wildman–Crippen LogP) is 4.89. The van der Waals surface area contributed by atoms with Crippen LogP contribution in [0.15, 0.2) is 76.6 Å². The quantitative estimate of drug-likeness (QED) is 0.226. The maximum absolute atomic E-state index is 14.2. The molecule has 5 rings (SSSR count). The molecule has 220 valence electrons. The number of hydrogen-bond acceptors (Lipinski definition) is 7. The minimum absolute atomic E-state index is 0.00268. The first-order chi connectivity index (χ1) is 19.8. The van der Waals surface area contributed by atoms with Crippen LogP contribution in [0.25, 0.3) is 0 Å². The van der Waals surface area contributed by atoms with Gasteiger partial charge in [0.05, 0.1) is 22.9 Å². The number of sulfonamides is 1. The number of halogens is 4. The number of aromatic nitrogens is 3. The molecule has 3 heterocycles. The summed E-state index contributed by atoms with van der Waals surface area (Å²) >= 11 is 0. The van der Waals surface area contributed by atoms with Crippen molar-refractivity contribution in [3.05, 3.63) is 94.5 Å². The van der Waals surface area contributed by atoms with Crippen molar-refractivity contribution in [2.24, 2.45) is 12.5 Å². The van der Waals surface area contributed by atoms with E-state index in [1.165, 1.54) is 35.1 Å². The van der Waals surface area contributed by atoms with E-state index >= 15 is 0 Å². The lowest BCUT2D eigenvalue weighted by molar-refractivity contribution is -0.137. The Morgan fingerprint density at radius 2 is 1.90 bits per heavy atom. The number of allylic oxidation sites excluding steroid dienone is 2. The van der Waals surface area contributed by atoms with Gasteiger partial charge in [0.1, 0.15) is 16.4 Å². The third-order valence-corrected chi connectivity index (χ3v) is 9.66. The van der Waals surface area contributed by atoms with Gasteiger partial charge >= 0.3 is 6.18 Å². The van der Waals surface area contributed by atoms with Crippen LogP contribution in [0.3, 0.4) is 0 Å². The molecule has 42 heavy (non-hydrogen) atoms. The van der Waals surface area contributed by atoms with E-state index < -0.39 is 44.5 Å². The summed E-state index contributed by atoms with van der Waals surface area (Å²) in [4.78, 5) is 18.1. The summed E-state index contributed by atoms with van der Waals surface area (Å²) < 4.78 is 84.1. The minimum atomic E-state index is -4.73. The van der Waals surface area contributed by atoms with Gasteiger partial charge in [-0.3, -0.25) is 14.5 Å². The van der Waals surface area contributed by atoms with Gasteiger partial charge in [-0.15, -0.1) is 0 Å². The summed E-state index contributed by atoms with van der Waals surface area (Å²) in [5, 5.41) is 15.2. The number of alkyl halides is 3. The molecule has 1 aromatic carbocycles. The topological polar surface area (TPSA) is 121 Å². The maximum atomic E-state index is 14.2. The zero-order valence-corrected chi connectivity index (χ0v) is 23.4. The van der Waals surface area contributed by atoms with Gasteiger partial charge in [-0.2, -0.15) is 22.6 Å². The van der Waals surface area contributed by atoms with Crippen LogP contribution >= 0.6 is 0 Å². The summed E-state index contributed by atoms with van der Waals surface area (Å²) in [7, 11) is -2.56. The molecule has 2 aliphatic rings. The molecule has 2 N–H and O–H groups in total. The van der Waals surface area contributed by atoms with Crippen molar-refractivity contribution in [1.82, 2.24) is 19.1 Å². The van der Waals surface area contributed by atoms with E-state index in [4.69, 9.17) is 5.41 Å². The molecule has 0 amide bonds. The zero-order chi connectivity index (χ0) is 30.4. The van der Waals surface area contributed by atoms with E-state index in [0.29, 0.717) is 34.3 Å². The second-order valence-electron chi connectivity index (χ2n) is 10.2. The second kappa shape index (κ2) is 10.6. The lowest BCUT2D eigenvalue weighted by Gasteiger charge is -2.45. The van der Waals surface area contributed by atoms with Crippen LogP contribution in [-0.2, 0) is 23.2 Å². The molecular weight excluding hydrogens is 576 g/mol. The molecule has 14 heteroatoms. The molecule has 1 saturated heterocycles. The molecule has 2 aromatic heterocycles. The Bertz CT molecular complexity index is 1750. The molecule has 9 nitrogen and oxygen atoms in total. The van der Waals surface area contributed by atoms with Crippen molar-refractivity contribution < 1.29 is 30.8 Å². The van der Waals surface area contributed by atoms with Crippen LogP contribution in [0.2, 0.25) is 0 Å². The number of Topliss-reactive ketones (excluding diaryl/α,β-unsaturated/α-hetero) is 1. The van der Waals surface area contributed by atoms with Crippen LogP contribution in [0, 0.1) is 23.6 Å². The van der Waals surface area contributed by atoms with Gasteiger partial charge < -0.3 is 10.7 Å². The number of nitrogens with zero attached hydrogens (tertiary/aromatic N) is 4. The molecular formula is C28H26F4N6O3S. The normalized spacial score (nSPS) is 19.7. The van der Waals surface area contributed by atoms with Crippen molar-refractivity contribution in [2.75, 3.05) is 18.4 Å². The highest BCUT2D eigenvalue weighted by Gasteiger charge is 2.51. The lowest BCUT2D eigenvalue weighted by atomic mass is 9.65. The highest BCUT2D eigenvalue weighted by Crippen LogP contribution is 2.48. The first kappa shape index (κ1) is 29.3. The summed E-state index contributed by atoms with van der Waals surface area (Å²) in [5.74, 6) is -1.23. The Morgan fingerprint density at radius 3 is 2.52 bits per heavy atom. The fraction of sp³-hybridized carbons (Fsp3) is 0.286. The van der Waals surface area contributed by atoms with Gasteiger partial charge in [-0.1, -0.05) is 5.57 Å². The van der Waals surface area contributed by atoms with Crippen LogP contribution in [0.1, 0.15) is 34.6 Å². The lowest BCUT2D eigenvalue weighted by Crippen LogP contribution is -2.52. The molecule has 0 saturated carbocycles. The number of hydrogen-bond donors (Lipinski definition) is 2. The fourth-order valence-electron chi connectivity index (χ4n) is 5.32. The number of benzene rings is 1. The Balaban J connectivity index is 1.61. The van der Waals surface area contributed by atoms with Crippen molar-refractivity contribution >= 4 is 27.7 Å². The number of rotatable bonds is 7. The summed E-state index contributed by atoms with van der Waals surface area (Å²) in [6.45, 7) is 1.21. The minimum Gasteiger partial charge on any atom is -0.355 e. The summed E-state index contributed by atoms with van der Waals surface area (Å²) in [6, 6.07) is 6.90. The SMILES string of the molecule is Cc1c(S(=O)(=O)N2CCC3=CC(Nc4ccc(F)cc4)=C(C=N)C[C@]3(C(=O)c3cc(C(F)(F)F)ccn3)C2)cnn1C. The number of fused-ring (bicyclic) bond motifs is 1. The summed E-state index contributed by atoms with van der Waals surface area (Å²) in [5.41, 5.74) is -1.06. The van der Waals surface area contributed by atoms with Crippen LogP contribution in [-0.4, -0.2) is 52.6 Å². The average Bonchev–Trinajstić information content (AvgIpc) is 3.31. The molecule has 0 radical (unpaired) electrons. The molecule has 1 aliphatic heterocycles. The fourth-order valence-corrected chi connectivity index (χ4v) is 7.00. The number of pyridine rings is 1. The zero-order valence-electron chi connectivity index (χ0n) is 22.5. The highest BCUT2D eigenvalue weighted by atomic mass is 32.2. The first-order valence-corrected chi connectivity index (χ1v) is 14.2. The van der Waals surface area contributed by atoms with E-state index in [1.54, 1.807) is 20.0 Å². The van der Waals surface area contributed by atoms with Crippen molar-refractivity contribution in [3.8, 4) is 0 Å². The molecule has 0 bridgehead atoms. The Labute approximate surface area is 239 Å². The monoisotopic (exact) mass is 602 g/mol.